The van der Waals surface area contributed by atoms with Crippen LogP contribution in [-0.2, 0) is 22.6 Å². The summed E-state index contributed by atoms with van der Waals surface area (Å²) in [5, 5.41) is 21.0. The van der Waals surface area contributed by atoms with Gasteiger partial charge in [0.1, 0.15) is 10.6 Å². The van der Waals surface area contributed by atoms with Crippen molar-refractivity contribution in [1.82, 2.24) is 15.5 Å². The van der Waals surface area contributed by atoms with Crippen molar-refractivity contribution in [1.29, 1.82) is 0 Å². The van der Waals surface area contributed by atoms with Crippen molar-refractivity contribution in [3.05, 3.63) is 135 Å². The van der Waals surface area contributed by atoms with Gasteiger partial charge in [-0.3, -0.25) is 4.79 Å². The minimum Gasteiger partial charge on any atom is -0.392 e. The Kier molecular flexibility index (Phi) is 10.9. The van der Waals surface area contributed by atoms with Crippen molar-refractivity contribution >= 4 is 29.0 Å². The van der Waals surface area contributed by atoms with Crippen LogP contribution in [0, 0.1) is 41.9 Å². The molecule has 1 saturated heterocycles. The minimum absolute atomic E-state index is 0.0346. The normalized spacial score (nSPS) is 19.0. The summed E-state index contributed by atoms with van der Waals surface area (Å²) in [7, 11) is 0. The molecule has 2 N–H and O–H groups in total. The molecular formula is C36H30F5N3O4S2. The van der Waals surface area contributed by atoms with E-state index in [-0.39, 0.29) is 31.3 Å². The molecule has 5 aromatic rings. The van der Waals surface area contributed by atoms with Crippen LogP contribution in [0.15, 0.2) is 77.1 Å². The van der Waals surface area contributed by atoms with E-state index in [9.17, 15) is 31.9 Å². The van der Waals surface area contributed by atoms with Crippen molar-refractivity contribution in [2.45, 2.75) is 49.8 Å². The Labute approximate surface area is 292 Å². The van der Waals surface area contributed by atoms with E-state index in [2.05, 4.69) is 22.4 Å². The number of carbonyl (C=O) groups excluding carboxylic acids is 1. The van der Waals surface area contributed by atoms with E-state index in [1.54, 1.807) is 30.0 Å². The summed E-state index contributed by atoms with van der Waals surface area (Å²) in [6, 6.07) is 22.1. The number of amides is 1. The molecule has 0 saturated carbocycles. The van der Waals surface area contributed by atoms with Gasteiger partial charge in [-0.05, 0) is 46.9 Å². The lowest BCUT2D eigenvalue weighted by atomic mass is 9.91. The van der Waals surface area contributed by atoms with Crippen molar-refractivity contribution in [3.63, 3.8) is 0 Å². The Morgan fingerprint density at radius 2 is 1.50 bits per heavy atom. The number of carbonyl (C=O) groups is 1. The third-order valence-electron chi connectivity index (χ3n) is 8.31. The molecule has 2 heterocycles. The van der Waals surface area contributed by atoms with Gasteiger partial charge >= 0.3 is 0 Å². The molecule has 1 fully saturated rings. The predicted molar refractivity (Wildman–Crippen MR) is 178 cm³/mol. The molecule has 1 aliphatic rings. The zero-order valence-electron chi connectivity index (χ0n) is 26.6. The summed E-state index contributed by atoms with van der Waals surface area (Å²) < 4.78 is 83.0. The lowest BCUT2D eigenvalue weighted by Gasteiger charge is -2.41. The summed E-state index contributed by atoms with van der Waals surface area (Å²) in [4.78, 5) is 12.5. The van der Waals surface area contributed by atoms with Gasteiger partial charge in [-0.25, -0.2) is 22.0 Å². The quantitative estimate of drug-likeness (QED) is 0.0649. The SMILES string of the molecule is Cc1nnc(SC[C@@H]2O[C@H](c3cccc(-c4cccc(CNC(=O)c5c(F)c(F)c(F)c(F)c5F)c4)c3)O[C@H](c3ccc(CO)cc3)[C@@H]2C)s1. The second kappa shape index (κ2) is 15.4. The number of aryl methyl sites for hydroxylation is 1. The first-order valence-corrected chi connectivity index (χ1v) is 17.3. The number of aliphatic hydroxyl groups excluding tert-OH is 1. The number of nitrogens with one attached hydrogen (secondary N) is 1. The molecular weight excluding hydrogens is 698 g/mol. The maximum Gasteiger partial charge on any atom is 0.257 e. The molecule has 0 radical (unpaired) electrons. The van der Waals surface area contributed by atoms with Crippen LogP contribution in [0.4, 0.5) is 22.0 Å². The number of hydrogen-bond donors (Lipinski definition) is 2. The standard InChI is InChI=1S/C36H30F5N3O4S2/c1-18-26(17-49-36-44-43-19(2)50-36)47-35(48-33(18)22-11-9-20(16-45)10-12-22)25-8-4-7-24(14-25)23-6-3-5-21(13-23)15-42-34(46)27-28(37)30(39)32(41)31(40)29(27)38/h3-14,18,26,33,35,45H,15-17H2,1-2H3,(H,42,46)/t18-,26+,33+,35+/m1/s1. The number of halogens is 5. The average molecular weight is 728 g/mol. The number of aliphatic hydroxyl groups is 1. The van der Waals surface area contributed by atoms with Crippen molar-refractivity contribution < 1.29 is 41.3 Å². The van der Waals surface area contributed by atoms with Crippen LogP contribution in [-0.4, -0.2) is 33.1 Å². The Morgan fingerprint density at radius 1 is 0.840 bits per heavy atom. The third-order valence-corrected chi connectivity index (χ3v) is 10.4. The van der Waals surface area contributed by atoms with E-state index in [1.807, 2.05) is 61.5 Å². The fourth-order valence-electron chi connectivity index (χ4n) is 5.60. The topological polar surface area (TPSA) is 93.6 Å². The monoisotopic (exact) mass is 727 g/mol. The highest BCUT2D eigenvalue weighted by atomic mass is 32.2. The molecule has 0 unspecified atom stereocenters. The second-order valence-corrected chi connectivity index (χ2v) is 14.1. The molecule has 0 aliphatic carbocycles. The van der Waals surface area contributed by atoms with Gasteiger partial charge in [0.05, 0.1) is 18.8 Å². The lowest BCUT2D eigenvalue weighted by molar-refractivity contribution is -0.268. The number of hydrogen-bond acceptors (Lipinski definition) is 8. The zero-order valence-corrected chi connectivity index (χ0v) is 28.3. The maximum absolute atomic E-state index is 14.2. The van der Waals surface area contributed by atoms with Gasteiger partial charge in [0, 0.05) is 23.8 Å². The van der Waals surface area contributed by atoms with E-state index in [0.29, 0.717) is 11.3 Å². The Morgan fingerprint density at radius 3 is 2.16 bits per heavy atom. The van der Waals surface area contributed by atoms with Crippen molar-refractivity contribution in [3.8, 4) is 11.1 Å². The van der Waals surface area contributed by atoms with E-state index >= 15 is 0 Å². The van der Waals surface area contributed by atoms with Crippen LogP contribution in [0.5, 0.6) is 0 Å². The molecule has 0 spiro atoms. The van der Waals surface area contributed by atoms with Gasteiger partial charge in [-0.2, -0.15) is 0 Å². The van der Waals surface area contributed by atoms with E-state index in [4.69, 9.17) is 9.47 Å². The first kappa shape index (κ1) is 35.6. The van der Waals surface area contributed by atoms with Crippen molar-refractivity contribution in [2.75, 3.05) is 5.75 Å². The first-order valence-electron chi connectivity index (χ1n) is 15.5. The molecule has 1 aromatic heterocycles. The number of ether oxygens (including phenoxy) is 2. The summed E-state index contributed by atoms with van der Waals surface area (Å²) in [6.45, 7) is 3.66. The fraction of sp³-hybridized carbons (Fsp3) is 0.250. The number of nitrogens with zero attached hydrogens (tertiary/aromatic N) is 2. The maximum atomic E-state index is 14.2. The van der Waals surface area contributed by atoms with Crippen LogP contribution < -0.4 is 5.32 Å². The first-order chi connectivity index (χ1) is 24.0. The lowest BCUT2D eigenvalue weighted by Crippen LogP contribution is -2.38. The van der Waals surface area contributed by atoms with Crippen LogP contribution in [0.25, 0.3) is 11.1 Å². The zero-order chi connectivity index (χ0) is 35.5. The summed E-state index contributed by atoms with van der Waals surface area (Å²) in [5.41, 5.74) is 2.95. The molecule has 260 valence electrons. The average Bonchev–Trinajstić information content (AvgIpc) is 3.56. The summed E-state index contributed by atoms with van der Waals surface area (Å²) in [6.07, 6.45) is -1.28. The minimum atomic E-state index is -2.34. The molecule has 4 atom stereocenters. The summed E-state index contributed by atoms with van der Waals surface area (Å²) in [5.74, 6) is -12.0. The molecule has 6 rings (SSSR count). The van der Waals surface area contributed by atoms with Crippen LogP contribution >= 0.6 is 23.1 Å². The molecule has 14 heteroatoms. The number of benzene rings is 4. The van der Waals surface area contributed by atoms with Crippen LogP contribution in [0.2, 0.25) is 0 Å². The molecule has 4 aromatic carbocycles. The Hall–Kier alpha value is -4.21. The highest BCUT2D eigenvalue weighted by molar-refractivity contribution is 8.01. The van der Waals surface area contributed by atoms with Gasteiger partial charge in [-0.1, -0.05) is 90.7 Å². The Balaban J connectivity index is 1.22. The number of thioether (sulfide) groups is 1. The highest BCUT2D eigenvalue weighted by Gasteiger charge is 2.38. The van der Waals surface area contributed by atoms with Gasteiger partial charge in [-0.15, -0.1) is 10.2 Å². The predicted octanol–water partition coefficient (Wildman–Crippen LogP) is 8.22. The third kappa shape index (κ3) is 7.59. The van der Waals surface area contributed by atoms with E-state index in [0.717, 1.165) is 37.2 Å². The molecule has 1 amide bonds. The van der Waals surface area contributed by atoms with Crippen LogP contribution in [0.1, 0.15) is 56.9 Å². The van der Waals surface area contributed by atoms with Gasteiger partial charge in [0.25, 0.3) is 5.91 Å². The second-order valence-electron chi connectivity index (χ2n) is 11.7. The largest absolute Gasteiger partial charge is 0.392 e. The smallest absolute Gasteiger partial charge is 0.257 e. The molecule has 7 nitrogen and oxygen atoms in total. The summed E-state index contributed by atoms with van der Waals surface area (Å²) >= 11 is 3.08. The fourth-order valence-corrected chi connectivity index (χ4v) is 7.61. The number of rotatable bonds is 10. The molecule has 50 heavy (non-hydrogen) atoms. The number of aromatic nitrogens is 2. The molecule has 0 bridgehead atoms. The van der Waals surface area contributed by atoms with Crippen molar-refractivity contribution in [2.24, 2.45) is 5.92 Å². The highest BCUT2D eigenvalue weighted by Crippen LogP contribution is 2.43. The Bertz CT molecular complexity index is 1980. The van der Waals surface area contributed by atoms with Crippen LogP contribution in [0.3, 0.4) is 0 Å². The van der Waals surface area contributed by atoms with Gasteiger partial charge < -0.3 is 19.9 Å². The van der Waals surface area contributed by atoms with Gasteiger partial charge in [0.2, 0.25) is 5.82 Å². The van der Waals surface area contributed by atoms with E-state index < -0.39 is 46.8 Å². The van der Waals surface area contributed by atoms with E-state index in [1.165, 1.54) is 11.3 Å². The van der Waals surface area contributed by atoms with Gasteiger partial charge in [0.15, 0.2) is 33.9 Å². The molecule has 1 aliphatic heterocycles.